The Bertz CT molecular complexity index is 1810. The van der Waals surface area contributed by atoms with Crippen molar-refractivity contribution in [1.29, 1.82) is 5.53 Å². The molecule has 0 saturated carbocycles. The number of aliphatic imine (C=N–C) groups is 1. The largest absolute Gasteiger partial charge is 0.364 e. The Kier molecular flexibility index (Phi) is 11.6. The molecule has 3 aromatic heterocycles. The zero-order valence-corrected chi connectivity index (χ0v) is 23.9. The number of primary amides is 2. The normalized spacial score (nSPS) is 11.5. The first-order chi connectivity index (χ1) is 21.3. The number of carbonyl (C=O) groups is 2. The van der Waals surface area contributed by atoms with Crippen LogP contribution in [0.3, 0.4) is 0 Å². The van der Waals surface area contributed by atoms with Gasteiger partial charge in [0.2, 0.25) is 11.9 Å². The molecule has 0 saturated heterocycles. The van der Waals surface area contributed by atoms with Crippen LogP contribution in [0.4, 0.5) is 5.82 Å². The fourth-order valence-corrected chi connectivity index (χ4v) is 4.10. The van der Waals surface area contributed by atoms with Gasteiger partial charge in [-0.3, -0.25) is 9.59 Å². The summed E-state index contributed by atoms with van der Waals surface area (Å²) in [4.78, 5) is 57.9. The van der Waals surface area contributed by atoms with Gasteiger partial charge in [0.1, 0.15) is 6.33 Å². The minimum Gasteiger partial charge on any atom is -0.364 e. The summed E-state index contributed by atoms with van der Waals surface area (Å²) >= 11 is 0. The van der Waals surface area contributed by atoms with Crippen molar-refractivity contribution >= 4 is 29.4 Å². The van der Waals surface area contributed by atoms with Gasteiger partial charge >= 0.3 is 5.69 Å². The average Bonchev–Trinajstić information content (AvgIpc) is 3.71. The van der Waals surface area contributed by atoms with Gasteiger partial charge in [0.15, 0.2) is 17.0 Å². The lowest BCUT2D eigenvalue weighted by Gasteiger charge is -2.16. The summed E-state index contributed by atoms with van der Waals surface area (Å²) in [6, 6.07) is 19.1. The lowest BCUT2D eigenvalue weighted by molar-refractivity contribution is 0.0988. The van der Waals surface area contributed by atoms with E-state index in [1.54, 1.807) is 6.08 Å². The third kappa shape index (κ3) is 7.77. The van der Waals surface area contributed by atoms with Crippen LogP contribution in [-0.2, 0) is 4.79 Å². The van der Waals surface area contributed by atoms with Crippen LogP contribution in [0.1, 0.15) is 70.9 Å². The van der Waals surface area contributed by atoms with Crippen LogP contribution in [0.5, 0.6) is 0 Å². The number of aromatic amines is 1. The molecule has 5 rings (SSSR count). The van der Waals surface area contributed by atoms with Crippen LogP contribution >= 0.6 is 0 Å². The topological polar surface area (TPSA) is 246 Å². The first-order valence-corrected chi connectivity index (χ1v) is 13.3. The quantitative estimate of drug-likeness (QED) is 0.111. The van der Waals surface area contributed by atoms with Crippen molar-refractivity contribution in [2.24, 2.45) is 21.6 Å². The predicted molar refractivity (Wildman–Crippen MR) is 158 cm³/mol. The first-order valence-electron chi connectivity index (χ1n) is 13.3. The lowest BCUT2D eigenvalue weighted by Crippen LogP contribution is -2.33. The van der Waals surface area contributed by atoms with Gasteiger partial charge in [-0.15, -0.1) is 10.2 Å². The van der Waals surface area contributed by atoms with Gasteiger partial charge in [-0.2, -0.15) is 9.67 Å². The minimum absolute atomic E-state index is 0.0208. The van der Waals surface area contributed by atoms with Crippen molar-refractivity contribution in [3.63, 3.8) is 0 Å². The van der Waals surface area contributed by atoms with Gasteiger partial charge in [0, 0.05) is 0 Å². The number of hydrogen-bond acceptors (Lipinski definition) is 11. The number of carbonyl (C=O) groups excluding carboxylic acids is 3. The molecule has 6 N–H and O–H groups in total. The van der Waals surface area contributed by atoms with E-state index in [1.807, 2.05) is 74.5 Å². The minimum atomic E-state index is -0.746. The Morgan fingerprint density at radius 1 is 0.977 bits per heavy atom. The number of isocyanates is 1. The summed E-state index contributed by atoms with van der Waals surface area (Å²) < 4.78 is 2.47. The number of nitrogens with one attached hydrogen (secondary N) is 2. The number of benzene rings is 2. The molecule has 0 spiro atoms. The van der Waals surface area contributed by atoms with Crippen molar-refractivity contribution < 1.29 is 14.4 Å². The highest BCUT2D eigenvalue weighted by Crippen LogP contribution is 2.20. The van der Waals surface area contributed by atoms with Crippen LogP contribution in [0.2, 0.25) is 0 Å². The van der Waals surface area contributed by atoms with Crippen molar-refractivity contribution in [1.82, 2.24) is 34.3 Å². The highest BCUT2D eigenvalue weighted by atomic mass is 16.2. The summed E-state index contributed by atoms with van der Waals surface area (Å²) in [5.41, 5.74) is 18.3. The van der Waals surface area contributed by atoms with E-state index < -0.39 is 17.5 Å². The highest BCUT2D eigenvalue weighted by Gasteiger charge is 2.20. The molecule has 2 atom stereocenters. The van der Waals surface area contributed by atoms with Gasteiger partial charge in [-0.05, 0) is 24.0 Å². The Morgan fingerprint density at radius 2 is 1.61 bits per heavy atom. The summed E-state index contributed by atoms with van der Waals surface area (Å²) in [6.45, 7) is 3.96. The number of rotatable bonds is 9. The first kappa shape index (κ1) is 32.4. The smallest absolute Gasteiger partial charge is 0.353 e. The molecule has 0 aliphatic heterocycles. The van der Waals surface area contributed by atoms with Gasteiger partial charge in [0.05, 0.1) is 18.4 Å². The number of hydrogen-bond donors (Lipinski definition) is 4. The molecule has 0 radical (unpaired) electrons. The fourth-order valence-electron chi connectivity index (χ4n) is 4.10. The molecule has 0 bridgehead atoms. The zero-order valence-electron chi connectivity index (χ0n) is 23.9. The van der Waals surface area contributed by atoms with Crippen LogP contribution < -0.4 is 17.2 Å². The number of fused-ring (bicyclic) bond motifs is 1. The number of nitrogens with zero attached hydrogens (tertiary/aromatic N) is 8. The molecular formula is C28H30N12O4. The van der Waals surface area contributed by atoms with E-state index in [0.29, 0.717) is 6.42 Å². The van der Waals surface area contributed by atoms with Crippen LogP contribution in [0.25, 0.3) is 5.65 Å². The molecule has 2 amide bonds. The monoisotopic (exact) mass is 598 g/mol. The number of amides is 2. The van der Waals surface area contributed by atoms with E-state index in [4.69, 9.17) is 17.0 Å². The number of H-pyrrole nitrogens is 1. The van der Waals surface area contributed by atoms with Crippen LogP contribution in [0.15, 0.2) is 88.2 Å². The van der Waals surface area contributed by atoms with Crippen molar-refractivity contribution in [2.75, 3.05) is 0 Å². The van der Waals surface area contributed by atoms with Gasteiger partial charge < -0.3 is 16.5 Å². The van der Waals surface area contributed by atoms with Crippen molar-refractivity contribution in [2.45, 2.75) is 38.8 Å². The lowest BCUT2D eigenvalue weighted by atomic mass is 10.1. The highest BCUT2D eigenvalue weighted by molar-refractivity contribution is 5.96. The van der Waals surface area contributed by atoms with Gasteiger partial charge in [-0.25, -0.2) is 29.5 Å². The molecule has 16 heteroatoms. The number of nitrogens with two attached hydrogens (primary N) is 2. The second-order valence-electron chi connectivity index (χ2n) is 8.93. The molecule has 16 nitrogen and oxygen atoms in total. The molecular weight excluding hydrogens is 568 g/mol. The zero-order chi connectivity index (χ0) is 32.1. The molecule has 3 heterocycles. The van der Waals surface area contributed by atoms with Crippen molar-refractivity contribution in [3.05, 3.63) is 106 Å². The third-order valence-electron chi connectivity index (χ3n) is 6.23. The second-order valence-corrected chi connectivity index (χ2v) is 8.93. The van der Waals surface area contributed by atoms with E-state index >= 15 is 0 Å². The van der Waals surface area contributed by atoms with Gasteiger partial charge in [0.25, 0.3) is 11.8 Å². The summed E-state index contributed by atoms with van der Waals surface area (Å²) in [5, 5.41) is 10.8. The maximum absolute atomic E-state index is 12.6. The molecule has 0 unspecified atom stereocenters. The van der Waals surface area contributed by atoms with E-state index in [2.05, 4.69) is 35.4 Å². The van der Waals surface area contributed by atoms with E-state index in [9.17, 15) is 19.2 Å². The van der Waals surface area contributed by atoms with E-state index in [0.717, 1.165) is 17.5 Å². The van der Waals surface area contributed by atoms with Crippen LogP contribution in [-0.4, -0.2) is 52.2 Å². The Hall–Kier alpha value is -6.15. The summed E-state index contributed by atoms with van der Waals surface area (Å²) in [5.74, 6) is -1.39. The average molecular weight is 599 g/mol. The van der Waals surface area contributed by atoms with Crippen molar-refractivity contribution in [3.8, 4) is 0 Å². The molecule has 0 aliphatic carbocycles. The molecule has 226 valence electrons. The molecule has 0 aliphatic rings. The molecule has 5 aromatic rings. The van der Waals surface area contributed by atoms with Gasteiger partial charge in [-0.1, -0.05) is 79.7 Å². The summed E-state index contributed by atoms with van der Waals surface area (Å²) in [7, 11) is 0. The second kappa shape index (κ2) is 15.7. The Morgan fingerprint density at radius 3 is 2.11 bits per heavy atom. The molecule has 44 heavy (non-hydrogen) atoms. The maximum Gasteiger partial charge on any atom is 0.353 e. The Labute approximate surface area is 250 Å². The number of aromatic nitrogens is 7. The van der Waals surface area contributed by atoms with Crippen LogP contribution in [0, 0.1) is 5.53 Å². The fraction of sp³-hybridized carbons (Fsp3) is 0.214. The third-order valence-corrected chi connectivity index (χ3v) is 6.23. The Balaban J connectivity index is 0.000000202. The predicted octanol–water partition coefficient (Wildman–Crippen LogP) is 3.03. The standard InChI is InChI=1S/C14H14N6O2.C10H11NO.C4H5N5O/c1-2-10(9-6-4-3-5-7-9)20-14(22)19-8-16-11(12(15)21)13(19)17-18-20;1-2-10(11-8-12)9-6-4-3-5-7-9;5-3(10)2-4(9-6)8-1-7-2/h3-8,10H,2H2,1H3,(H2,15,21);3-7,10H,2H2,1H3;1,6H,(H2,5,10)(H,7,8)/t2*10-;/m00./s1. The maximum atomic E-state index is 12.6. The number of imidazole rings is 2. The molecule has 2 aromatic carbocycles. The SMILES string of the molecule is CC[C@@H](c1ccccc1)n1nnc2c(C(N)=O)ncn2c1=O.CC[C@H](N=C=O)c1ccccc1.N=Nc1nc[nH]c1C(N)=O. The summed E-state index contributed by atoms with van der Waals surface area (Å²) in [6.07, 6.45) is 5.59. The molecule has 0 fully saturated rings. The van der Waals surface area contributed by atoms with E-state index in [1.165, 1.54) is 21.7 Å². The van der Waals surface area contributed by atoms with E-state index in [-0.39, 0.29) is 34.9 Å².